The van der Waals surface area contributed by atoms with Crippen molar-refractivity contribution in [1.82, 2.24) is 4.90 Å². The predicted octanol–water partition coefficient (Wildman–Crippen LogP) is 7.36. The maximum absolute atomic E-state index is 11.3. The number of carboxylic acid groups (broad SMARTS) is 1. The molecule has 1 saturated heterocycles. The average molecular weight is 464 g/mol. The van der Waals surface area contributed by atoms with Crippen molar-refractivity contribution in [1.29, 1.82) is 0 Å². The molecule has 184 valence electrons. The Balaban J connectivity index is 1.22. The van der Waals surface area contributed by atoms with E-state index in [0.29, 0.717) is 17.6 Å². The first-order chi connectivity index (χ1) is 16.5. The van der Waals surface area contributed by atoms with Crippen LogP contribution in [0.4, 0.5) is 0 Å². The fraction of sp³-hybridized carbons (Fsp3) is 0.633. The molecule has 1 unspecified atom stereocenters. The van der Waals surface area contributed by atoms with Gasteiger partial charge in [0.1, 0.15) is 5.75 Å². The van der Waals surface area contributed by atoms with Crippen LogP contribution < -0.4 is 4.74 Å². The quantitative estimate of drug-likeness (QED) is 0.486. The lowest BCUT2D eigenvalue weighted by molar-refractivity contribution is -0.143. The number of hydrogen-bond acceptors (Lipinski definition) is 3. The molecule has 1 spiro atoms. The average Bonchev–Trinajstić information content (AvgIpc) is 2.87. The van der Waals surface area contributed by atoms with Crippen molar-refractivity contribution in [3.8, 4) is 5.75 Å². The number of ether oxygens (including phenoxy) is 1. The Hall–Kier alpha value is -2.07. The minimum atomic E-state index is -0.641. The second-order valence-corrected chi connectivity index (χ2v) is 11.2. The molecule has 0 amide bonds. The summed E-state index contributed by atoms with van der Waals surface area (Å²) in [4.78, 5) is 13.8. The molecule has 4 heteroatoms. The van der Waals surface area contributed by atoms with Crippen LogP contribution in [0.1, 0.15) is 95.6 Å². The van der Waals surface area contributed by atoms with Crippen molar-refractivity contribution < 1.29 is 14.6 Å². The summed E-state index contributed by atoms with van der Waals surface area (Å²) in [6.07, 6.45) is 15.2. The lowest BCUT2D eigenvalue weighted by Gasteiger charge is -2.42. The van der Waals surface area contributed by atoms with Crippen LogP contribution in [0.5, 0.6) is 5.75 Å². The van der Waals surface area contributed by atoms with E-state index in [9.17, 15) is 9.90 Å². The lowest BCUT2D eigenvalue weighted by atomic mass is 9.65. The molecule has 4 nitrogen and oxygen atoms in total. The van der Waals surface area contributed by atoms with E-state index < -0.39 is 5.97 Å². The zero-order chi connectivity index (χ0) is 23.5. The SMILES string of the molecule is CCC(c1ccc2cc(OC3CCC4(CCCCC4)CC3)ccc2c1)N1CCC(C(=O)O)CC1. The van der Waals surface area contributed by atoms with Gasteiger partial charge < -0.3 is 9.84 Å². The molecule has 3 aliphatic rings. The number of carboxylic acids is 1. The van der Waals surface area contributed by atoms with Gasteiger partial charge in [0.2, 0.25) is 0 Å². The van der Waals surface area contributed by atoms with Crippen LogP contribution in [-0.2, 0) is 4.79 Å². The molecule has 2 saturated carbocycles. The minimum Gasteiger partial charge on any atom is -0.490 e. The molecule has 2 aromatic rings. The summed E-state index contributed by atoms with van der Waals surface area (Å²) in [5.41, 5.74) is 1.97. The van der Waals surface area contributed by atoms with Crippen molar-refractivity contribution in [3.05, 3.63) is 42.0 Å². The number of carbonyl (C=O) groups is 1. The molecule has 2 aliphatic carbocycles. The maximum Gasteiger partial charge on any atom is 0.306 e. The molecule has 3 fully saturated rings. The smallest absolute Gasteiger partial charge is 0.306 e. The summed E-state index contributed by atoms with van der Waals surface area (Å²) in [6.45, 7) is 3.96. The molecule has 1 aliphatic heterocycles. The second-order valence-electron chi connectivity index (χ2n) is 11.2. The fourth-order valence-corrected chi connectivity index (χ4v) is 7.00. The van der Waals surface area contributed by atoms with Gasteiger partial charge in [-0.15, -0.1) is 0 Å². The van der Waals surface area contributed by atoms with Crippen LogP contribution in [0, 0.1) is 11.3 Å². The van der Waals surface area contributed by atoms with Gasteiger partial charge in [-0.2, -0.15) is 0 Å². The number of likely N-dealkylation sites (tertiary alicyclic amines) is 1. The highest BCUT2D eigenvalue weighted by Gasteiger charge is 2.36. The van der Waals surface area contributed by atoms with Gasteiger partial charge in [0, 0.05) is 6.04 Å². The molecule has 0 bridgehead atoms. The molecule has 1 heterocycles. The topological polar surface area (TPSA) is 49.8 Å². The standard InChI is InChI=1S/C30H41NO3/c1-2-28(31-18-12-22(13-19-31)29(32)33)25-7-6-24-21-27(9-8-23(24)20-25)34-26-10-16-30(17-11-26)14-4-3-5-15-30/h6-9,20-22,26,28H,2-5,10-19H2,1H3,(H,32,33). The first-order valence-electron chi connectivity index (χ1n) is 13.7. The molecule has 34 heavy (non-hydrogen) atoms. The Bertz CT molecular complexity index is 978. The predicted molar refractivity (Wildman–Crippen MR) is 137 cm³/mol. The van der Waals surface area contributed by atoms with Crippen LogP contribution >= 0.6 is 0 Å². The van der Waals surface area contributed by atoms with Crippen LogP contribution in [0.15, 0.2) is 36.4 Å². The van der Waals surface area contributed by atoms with Crippen molar-refractivity contribution in [2.75, 3.05) is 13.1 Å². The second kappa shape index (κ2) is 10.3. The number of hydrogen-bond donors (Lipinski definition) is 1. The third-order valence-corrected chi connectivity index (χ3v) is 9.14. The van der Waals surface area contributed by atoms with E-state index in [1.54, 1.807) is 0 Å². The summed E-state index contributed by atoms with van der Waals surface area (Å²) in [5.74, 6) is 0.187. The van der Waals surface area contributed by atoms with E-state index in [1.807, 2.05) is 0 Å². The highest BCUT2D eigenvalue weighted by Crippen LogP contribution is 2.48. The summed E-state index contributed by atoms with van der Waals surface area (Å²) >= 11 is 0. The van der Waals surface area contributed by atoms with Gasteiger partial charge in [0.25, 0.3) is 0 Å². The summed E-state index contributed by atoms with van der Waals surface area (Å²) < 4.78 is 6.46. The summed E-state index contributed by atoms with van der Waals surface area (Å²) in [6, 6.07) is 13.7. The molecular formula is C30H41NO3. The number of aliphatic carboxylic acids is 1. The molecule has 1 N–H and O–H groups in total. The van der Waals surface area contributed by atoms with Crippen molar-refractivity contribution in [3.63, 3.8) is 0 Å². The van der Waals surface area contributed by atoms with Crippen molar-refractivity contribution in [2.45, 2.75) is 96.1 Å². The van der Waals surface area contributed by atoms with Crippen LogP contribution in [0.2, 0.25) is 0 Å². The number of rotatable bonds is 6. The van der Waals surface area contributed by atoms with Gasteiger partial charge in [-0.3, -0.25) is 9.69 Å². The van der Waals surface area contributed by atoms with E-state index in [2.05, 4.69) is 48.2 Å². The van der Waals surface area contributed by atoms with Crippen LogP contribution in [-0.4, -0.2) is 35.2 Å². The third kappa shape index (κ3) is 5.12. The Kier molecular flexibility index (Phi) is 7.15. The maximum atomic E-state index is 11.3. The van der Waals surface area contributed by atoms with Gasteiger partial charge in [-0.05, 0) is 111 Å². The van der Waals surface area contributed by atoms with Crippen molar-refractivity contribution in [2.24, 2.45) is 11.3 Å². The number of nitrogens with zero attached hydrogens (tertiary/aromatic N) is 1. The molecular weight excluding hydrogens is 422 g/mol. The lowest BCUT2D eigenvalue weighted by Crippen LogP contribution is -2.38. The fourth-order valence-electron chi connectivity index (χ4n) is 7.00. The highest BCUT2D eigenvalue weighted by molar-refractivity contribution is 5.84. The molecule has 0 aromatic heterocycles. The molecule has 0 radical (unpaired) electrons. The summed E-state index contributed by atoms with van der Waals surface area (Å²) in [5, 5.41) is 11.8. The van der Waals surface area contributed by atoms with Gasteiger partial charge in [0.15, 0.2) is 0 Å². The van der Waals surface area contributed by atoms with Gasteiger partial charge in [-0.25, -0.2) is 0 Å². The zero-order valence-electron chi connectivity index (χ0n) is 20.8. The number of fused-ring (bicyclic) bond motifs is 1. The van der Waals surface area contributed by atoms with E-state index >= 15 is 0 Å². The number of benzene rings is 2. The van der Waals surface area contributed by atoms with Crippen LogP contribution in [0.25, 0.3) is 10.8 Å². The monoisotopic (exact) mass is 463 g/mol. The molecule has 5 rings (SSSR count). The van der Waals surface area contributed by atoms with E-state index in [-0.39, 0.29) is 5.92 Å². The van der Waals surface area contributed by atoms with Gasteiger partial charge in [0.05, 0.1) is 12.0 Å². The Morgan fingerprint density at radius 1 is 0.971 bits per heavy atom. The van der Waals surface area contributed by atoms with Gasteiger partial charge in [-0.1, -0.05) is 44.4 Å². The normalized spacial score (nSPS) is 23.2. The number of piperidine rings is 1. The Morgan fingerprint density at radius 2 is 1.65 bits per heavy atom. The van der Waals surface area contributed by atoms with Crippen LogP contribution in [0.3, 0.4) is 0 Å². The van der Waals surface area contributed by atoms with E-state index in [4.69, 9.17) is 4.74 Å². The first kappa shape index (κ1) is 23.7. The first-order valence-corrected chi connectivity index (χ1v) is 13.7. The Labute approximate surface area is 204 Å². The van der Waals surface area contributed by atoms with Crippen molar-refractivity contribution >= 4 is 16.7 Å². The Morgan fingerprint density at radius 3 is 2.32 bits per heavy atom. The molecule has 1 atom stereocenters. The van der Waals surface area contributed by atoms with E-state index in [0.717, 1.165) is 38.1 Å². The minimum absolute atomic E-state index is 0.179. The largest absolute Gasteiger partial charge is 0.490 e. The van der Waals surface area contributed by atoms with Gasteiger partial charge >= 0.3 is 5.97 Å². The van der Waals surface area contributed by atoms with E-state index in [1.165, 1.54) is 74.1 Å². The third-order valence-electron chi connectivity index (χ3n) is 9.14. The zero-order valence-corrected chi connectivity index (χ0v) is 20.8. The highest BCUT2D eigenvalue weighted by atomic mass is 16.5. The molecule has 2 aromatic carbocycles. The summed E-state index contributed by atoms with van der Waals surface area (Å²) in [7, 11) is 0.